The van der Waals surface area contributed by atoms with Crippen molar-refractivity contribution in [2.45, 2.75) is 25.3 Å². The Bertz CT molecular complexity index is 956. The van der Waals surface area contributed by atoms with Gasteiger partial charge in [0.15, 0.2) is 0 Å². The van der Waals surface area contributed by atoms with E-state index in [1.165, 1.54) is 6.07 Å². The zero-order valence-electron chi connectivity index (χ0n) is 13.0. The standard InChI is InChI=1S/C16H15BrN2O4S/c1-10-16(11(2)23-19-10)14-8-7-12(22-14)9-18-24(20,21)15-6-4-3-5-13(15)17/h3-8,18H,9H2,1-2H3. The maximum absolute atomic E-state index is 12.4. The fourth-order valence-electron chi connectivity index (χ4n) is 2.35. The Hall–Kier alpha value is -1.90. The normalized spacial score (nSPS) is 11.8. The van der Waals surface area contributed by atoms with Gasteiger partial charge in [0.05, 0.1) is 22.7 Å². The first-order chi connectivity index (χ1) is 11.4. The molecule has 0 saturated carbocycles. The zero-order valence-corrected chi connectivity index (χ0v) is 15.4. The van der Waals surface area contributed by atoms with Crippen molar-refractivity contribution < 1.29 is 17.4 Å². The molecule has 0 atom stereocenters. The molecule has 3 rings (SSSR count). The molecule has 0 bridgehead atoms. The number of hydrogen-bond acceptors (Lipinski definition) is 5. The van der Waals surface area contributed by atoms with Crippen molar-refractivity contribution in [1.82, 2.24) is 9.88 Å². The lowest BCUT2D eigenvalue weighted by atomic mass is 10.1. The number of benzene rings is 1. The van der Waals surface area contributed by atoms with Gasteiger partial charge >= 0.3 is 0 Å². The Morgan fingerprint density at radius 1 is 1.17 bits per heavy atom. The van der Waals surface area contributed by atoms with Crippen LogP contribution >= 0.6 is 15.9 Å². The molecule has 2 aromatic heterocycles. The lowest BCUT2D eigenvalue weighted by molar-refractivity contribution is 0.393. The molecule has 8 heteroatoms. The van der Waals surface area contributed by atoms with Crippen LogP contribution in [0.5, 0.6) is 0 Å². The van der Waals surface area contributed by atoms with Crippen molar-refractivity contribution >= 4 is 26.0 Å². The van der Waals surface area contributed by atoms with E-state index in [2.05, 4.69) is 25.8 Å². The SMILES string of the molecule is Cc1noc(C)c1-c1ccc(CNS(=O)(=O)c2ccccc2Br)o1. The second-order valence-corrected chi connectivity index (χ2v) is 7.81. The molecule has 24 heavy (non-hydrogen) atoms. The summed E-state index contributed by atoms with van der Waals surface area (Å²) in [7, 11) is -3.64. The predicted octanol–water partition coefficient (Wildman–Crippen LogP) is 3.79. The number of nitrogens with one attached hydrogen (secondary N) is 1. The van der Waals surface area contributed by atoms with Crippen LogP contribution in [-0.4, -0.2) is 13.6 Å². The van der Waals surface area contributed by atoms with Crippen LogP contribution in [0.1, 0.15) is 17.2 Å². The molecule has 0 amide bonds. The van der Waals surface area contributed by atoms with E-state index in [9.17, 15) is 8.42 Å². The third-order valence-corrected chi connectivity index (χ3v) is 5.92. The molecule has 6 nitrogen and oxygen atoms in total. The Kier molecular flexibility index (Phi) is 4.62. The first kappa shape index (κ1) is 16.9. The maximum atomic E-state index is 12.4. The van der Waals surface area contributed by atoms with Crippen molar-refractivity contribution in [3.8, 4) is 11.3 Å². The summed E-state index contributed by atoms with van der Waals surface area (Å²) in [6.07, 6.45) is 0. The molecule has 0 aliphatic carbocycles. The third-order valence-electron chi connectivity index (χ3n) is 3.50. The van der Waals surface area contributed by atoms with E-state index in [0.29, 0.717) is 21.8 Å². The first-order valence-corrected chi connectivity index (χ1v) is 9.42. The predicted molar refractivity (Wildman–Crippen MR) is 91.8 cm³/mol. The molecule has 0 unspecified atom stereocenters. The van der Waals surface area contributed by atoms with Gasteiger partial charge in [0.1, 0.15) is 17.3 Å². The van der Waals surface area contributed by atoms with E-state index in [1.54, 1.807) is 37.3 Å². The van der Waals surface area contributed by atoms with Gasteiger partial charge < -0.3 is 8.94 Å². The summed E-state index contributed by atoms with van der Waals surface area (Å²) in [5.74, 6) is 1.75. The van der Waals surface area contributed by atoms with Crippen LogP contribution in [0.4, 0.5) is 0 Å². The van der Waals surface area contributed by atoms with Crippen molar-refractivity contribution in [3.05, 3.63) is 58.1 Å². The molecule has 0 radical (unpaired) electrons. The molecular weight excluding hydrogens is 396 g/mol. The number of sulfonamides is 1. The number of aromatic nitrogens is 1. The van der Waals surface area contributed by atoms with Gasteiger partial charge in [-0.3, -0.25) is 0 Å². The van der Waals surface area contributed by atoms with Crippen molar-refractivity contribution in [1.29, 1.82) is 0 Å². The topological polar surface area (TPSA) is 85.3 Å². The van der Waals surface area contributed by atoms with E-state index in [-0.39, 0.29) is 11.4 Å². The molecule has 126 valence electrons. The van der Waals surface area contributed by atoms with Gasteiger partial charge in [0.25, 0.3) is 0 Å². The van der Waals surface area contributed by atoms with Crippen LogP contribution in [0.2, 0.25) is 0 Å². The van der Waals surface area contributed by atoms with E-state index in [0.717, 1.165) is 11.3 Å². The smallest absolute Gasteiger partial charge is 0.242 e. The highest BCUT2D eigenvalue weighted by Gasteiger charge is 2.19. The van der Waals surface area contributed by atoms with Gasteiger partial charge in [0.2, 0.25) is 10.0 Å². The highest BCUT2D eigenvalue weighted by Crippen LogP contribution is 2.28. The van der Waals surface area contributed by atoms with E-state index < -0.39 is 10.0 Å². The second-order valence-electron chi connectivity index (χ2n) is 5.22. The van der Waals surface area contributed by atoms with Crippen molar-refractivity contribution in [3.63, 3.8) is 0 Å². The van der Waals surface area contributed by atoms with E-state index in [1.807, 2.05) is 6.92 Å². The first-order valence-electron chi connectivity index (χ1n) is 7.14. The molecule has 0 fully saturated rings. The number of hydrogen-bond donors (Lipinski definition) is 1. The average Bonchev–Trinajstić information content (AvgIpc) is 3.12. The van der Waals surface area contributed by atoms with Gasteiger partial charge in [0, 0.05) is 4.47 Å². The molecule has 2 heterocycles. The number of furan rings is 1. The highest BCUT2D eigenvalue weighted by molar-refractivity contribution is 9.10. The molecule has 1 aromatic carbocycles. The van der Waals surface area contributed by atoms with Crippen LogP contribution in [0.25, 0.3) is 11.3 Å². The summed E-state index contributed by atoms with van der Waals surface area (Å²) in [5.41, 5.74) is 1.51. The summed E-state index contributed by atoms with van der Waals surface area (Å²) in [6, 6.07) is 10.1. The van der Waals surface area contributed by atoms with Crippen LogP contribution < -0.4 is 4.72 Å². The lowest BCUT2D eigenvalue weighted by Crippen LogP contribution is -2.23. The quantitative estimate of drug-likeness (QED) is 0.691. The van der Waals surface area contributed by atoms with Crippen LogP contribution in [0, 0.1) is 13.8 Å². The number of rotatable bonds is 5. The maximum Gasteiger partial charge on any atom is 0.242 e. The summed E-state index contributed by atoms with van der Waals surface area (Å²) in [4.78, 5) is 0.183. The van der Waals surface area contributed by atoms with Crippen LogP contribution in [0.3, 0.4) is 0 Å². The van der Waals surface area contributed by atoms with Gasteiger partial charge in [-0.1, -0.05) is 17.3 Å². The molecule has 0 aliphatic heterocycles. The van der Waals surface area contributed by atoms with Crippen molar-refractivity contribution in [2.24, 2.45) is 0 Å². The average molecular weight is 411 g/mol. The summed E-state index contributed by atoms with van der Waals surface area (Å²) in [6.45, 7) is 3.67. The summed E-state index contributed by atoms with van der Waals surface area (Å²) >= 11 is 3.24. The molecule has 0 spiro atoms. The van der Waals surface area contributed by atoms with Gasteiger partial charge in [-0.2, -0.15) is 0 Å². The van der Waals surface area contributed by atoms with E-state index in [4.69, 9.17) is 8.94 Å². The molecule has 0 saturated heterocycles. The fraction of sp³-hybridized carbons (Fsp3) is 0.188. The van der Waals surface area contributed by atoms with Crippen LogP contribution in [-0.2, 0) is 16.6 Å². The Labute approximate surface area is 148 Å². The van der Waals surface area contributed by atoms with Crippen LogP contribution in [0.15, 0.2) is 54.7 Å². The monoisotopic (exact) mass is 410 g/mol. The zero-order chi connectivity index (χ0) is 17.3. The molecule has 1 N–H and O–H groups in total. The largest absolute Gasteiger partial charge is 0.459 e. The molecular formula is C16H15BrN2O4S. The Morgan fingerprint density at radius 3 is 2.58 bits per heavy atom. The van der Waals surface area contributed by atoms with Gasteiger partial charge in [-0.05, 0) is 54.0 Å². The van der Waals surface area contributed by atoms with Gasteiger partial charge in [-0.15, -0.1) is 0 Å². The number of aryl methyl sites for hydroxylation is 2. The minimum absolute atomic E-state index is 0.0487. The second kappa shape index (κ2) is 6.54. The Morgan fingerprint density at radius 2 is 1.92 bits per heavy atom. The minimum Gasteiger partial charge on any atom is -0.459 e. The molecule has 3 aromatic rings. The third kappa shape index (κ3) is 3.31. The summed E-state index contributed by atoms with van der Waals surface area (Å²) < 4.78 is 38.6. The minimum atomic E-state index is -3.64. The van der Waals surface area contributed by atoms with Crippen molar-refractivity contribution in [2.75, 3.05) is 0 Å². The highest BCUT2D eigenvalue weighted by atomic mass is 79.9. The fourth-order valence-corrected chi connectivity index (χ4v) is 4.34. The van der Waals surface area contributed by atoms with Gasteiger partial charge in [-0.25, -0.2) is 13.1 Å². The number of nitrogens with zero attached hydrogens (tertiary/aromatic N) is 1. The summed E-state index contributed by atoms with van der Waals surface area (Å²) in [5, 5.41) is 3.88. The number of halogens is 1. The molecule has 0 aliphatic rings. The van der Waals surface area contributed by atoms with E-state index >= 15 is 0 Å². The Balaban J connectivity index is 1.78. The lowest BCUT2D eigenvalue weighted by Gasteiger charge is -2.07.